The molecule has 6 heteroatoms. The summed E-state index contributed by atoms with van der Waals surface area (Å²) in [4.78, 5) is 17.4. The molecule has 4 aromatic rings. The summed E-state index contributed by atoms with van der Waals surface area (Å²) in [5.41, 5.74) is 3.74. The van der Waals surface area contributed by atoms with Gasteiger partial charge in [-0.2, -0.15) is 0 Å². The highest BCUT2D eigenvalue weighted by molar-refractivity contribution is 6.09. The number of allylic oxidation sites excluding steroid dienone is 3. The molecule has 0 spiro atoms. The standard InChI is InChI=1S/C34H31NO5/c1-22(2)7-6-17-34(3)18-16-28-30(40-34)15-13-27(32(28)38)29(37)14-12-23-8-4-10-25(19-23)33-35-21-31(39-33)24-9-5-11-26(36)20-24/h4-5,7-16,18-21,36,38H,6,17H2,1-3H3/b14-12+. The monoisotopic (exact) mass is 533 g/mol. The van der Waals surface area contributed by atoms with Gasteiger partial charge in [0.05, 0.1) is 17.3 Å². The lowest BCUT2D eigenvalue weighted by atomic mass is 9.93. The second kappa shape index (κ2) is 11.1. The molecule has 0 bridgehead atoms. The van der Waals surface area contributed by atoms with Crippen molar-refractivity contribution in [3.63, 3.8) is 0 Å². The fourth-order valence-corrected chi connectivity index (χ4v) is 4.60. The predicted molar refractivity (Wildman–Crippen MR) is 157 cm³/mol. The highest BCUT2D eigenvalue weighted by Crippen LogP contribution is 2.40. The van der Waals surface area contributed by atoms with Gasteiger partial charge in [-0.15, -0.1) is 0 Å². The van der Waals surface area contributed by atoms with Gasteiger partial charge in [-0.3, -0.25) is 4.79 Å². The molecule has 0 saturated heterocycles. The minimum atomic E-state index is -0.478. The number of phenols is 2. The van der Waals surface area contributed by atoms with Crippen LogP contribution in [0.15, 0.2) is 95.1 Å². The molecule has 40 heavy (non-hydrogen) atoms. The summed E-state index contributed by atoms with van der Waals surface area (Å²) < 4.78 is 12.1. The molecule has 2 heterocycles. The van der Waals surface area contributed by atoms with Crippen LogP contribution in [0.4, 0.5) is 0 Å². The maximum atomic E-state index is 13.0. The van der Waals surface area contributed by atoms with E-state index in [2.05, 4.69) is 24.9 Å². The van der Waals surface area contributed by atoms with Crippen molar-refractivity contribution in [2.24, 2.45) is 0 Å². The second-order valence-electron chi connectivity index (χ2n) is 10.3. The third kappa shape index (κ3) is 5.91. The van der Waals surface area contributed by atoms with Crippen molar-refractivity contribution in [3.8, 4) is 40.0 Å². The maximum absolute atomic E-state index is 13.0. The lowest BCUT2D eigenvalue weighted by molar-refractivity contribution is 0.104. The number of ether oxygens (including phenoxy) is 1. The Bertz CT molecular complexity index is 1650. The van der Waals surface area contributed by atoms with Crippen molar-refractivity contribution in [2.75, 3.05) is 0 Å². The van der Waals surface area contributed by atoms with Crippen LogP contribution in [0, 0.1) is 0 Å². The molecule has 1 aromatic heterocycles. The van der Waals surface area contributed by atoms with Gasteiger partial charge < -0.3 is 19.4 Å². The van der Waals surface area contributed by atoms with Gasteiger partial charge in [0.25, 0.3) is 0 Å². The number of phenolic OH excluding ortho intramolecular Hbond substituents is 2. The Morgan fingerprint density at radius 3 is 2.62 bits per heavy atom. The van der Waals surface area contributed by atoms with E-state index in [0.29, 0.717) is 23.0 Å². The van der Waals surface area contributed by atoms with Crippen molar-refractivity contribution >= 4 is 17.9 Å². The number of carbonyl (C=O) groups is 1. The van der Waals surface area contributed by atoms with Gasteiger partial charge in [-0.25, -0.2) is 4.98 Å². The predicted octanol–water partition coefficient (Wildman–Crippen LogP) is 8.23. The number of fused-ring (bicyclic) bond motifs is 1. The number of aromatic nitrogens is 1. The number of hydrogen-bond acceptors (Lipinski definition) is 6. The average Bonchev–Trinajstić information content (AvgIpc) is 3.42. The zero-order chi connectivity index (χ0) is 28.3. The van der Waals surface area contributed by atoms with E-state index >= 15 is 0 Å². The number of carbonyl (C=O) groups excluding carboxylic acids is 1. The van der Waals surface area contributed by atoms with Crippen LogP contribution < -0.4 is 4.74 Å². The largest absolute Gasteiger partial charge is 0.508 e. The van der Waals surface area contributed by atoms with E-state index in [0.717, 1.165) is 29.5 Å². The van der Waals surface area contributed by atoms with Crippen LogP contribution >= 0.6 is 0 Å². The van der Waals surface area contributed by atoms with Crippen LogP contribution in [-0.2, 0) is 0 Å². The van der Waals surface area contributed by atoms with Crippen LogP contribution in [0.1, 0.15) is 55.1 Å². The molecule has 2 N–H and O–H groups in total. The summed E-state index contributed by atoms with van der Waals surface area (Å²) in [5.74, 6) is 1.25. The van der Waals surface area contributed by atoms with Gasteiger partial charge >= 0.3 is 0 Å². The van der Waals surface area contributed by atoms with E-state index in [4.69, 9.17) is 9.15 Å². The Kier molecular flexibility index (Phi) is 7.43. The fourth-order valence-electron chi connectivity index (χ4n) is 4.60. The van der Waals surface area contributed by atoms with E-state index in [1.165, 1.54) is 11.6 Å². The van der Waals surface area contributed by atoms with Crippen molar-refractivity contribution in [2.45, 2.75) is 39.2 Å². The third-order valence-electron chi connectivity index (χ3n) is 6.78. The van der Waals surface area contributed by atoms with Gasteiger partial charge in [-0.05, 0) is 93.8 Å². The molecule has 1 atom stereocenters. The average molecular weight is 534 g/mol. The van der Waals surface area contributed by atoms with Gasteiger partial charge in [-0.1, -0.05) is 42.0 Å². The maximum Gasteiger partial charge on any atom is 0.226 e. The first-order chi connectivity index (χ1) is 19.2. The first-order valence-electron chi connectivity index (χ1n) is 13.2. The van der Waals surface area contributed by atoms with Crippen LogP contribution in [0.25, 0.3) is 34.9 Å². The summed E-state index contributed by atoms with van der Waals surface area (Å²) in [5, 5.41) is 20.6. The zero-order valence-corrected chi connectivity index (χ0v) is 22.7. The first kappa shape index (κ1) is 26.8. The summed E-state index contributed by atoms with van der Waals surface area (Å²) in [6.45, 7) is 6.16. The molecule has 3 aromatic carbocycles. The Morgan fingerprint density at radius 2 is 1.82 bits per heavy atom. The van der Waals surface area contributed by atoms with Gasteiger partial charge in [0.1, 0.15) is 22.8 Å². The molecule has 6 nitrogen and oxygen atoms in total. The second-order valence-corrected chi connectivity index (χ2v) is 10.3. The van der Waals surface area contributed by atoms with Crippen molar-refractivity contribution < 1.29 is 24.2 Å². The lowest BCUT2D eigenvalue weighted by Crippen LogP contribution is -2.31. The molecule has 5 rings (SSSR count). The minimum absolute atomic E-state index is 0.0947. The highest BCUT2D eigenvalue weighted by atomic mass is 16.5. The normalized spacial score (nSPS) is 16.0. The number of rotatable bonds is 8. The van der Waals surface area contributed by atoms with Crippen molar-refractivity contribution in [1.82, 2.24) is 4.98 Å². The quantitative estimate of drug-likeness (QED) is 0.135. The molecule has 0 aliphatic carbocycles. The van der Waals surface area contributed by atoms with Crippen LogP contribution in [0.5, 0.6) is 17.2 Å². The molecule has 0 saturated carbocycles. The molecular weight excluding hydrogens is 502 g/mol. The van der Waals surface area contributed by atoms with E-state index in [9.17, 15) is 15.0 Å². The first-order valence-corrected chi connectivity index (χ1v) is 13.2. The summed E-state index contributed by atoms with van der Waals surface area (Å²) in [6.07, 6.45) is 12.4. The lowest BCUT2D eigenvalue weighted by Gasteiger charge is -2.32. The highest BCUT2D eigenvalue weighted by Gasteiger charge is 2.29. The third-order valence-corrected chi connectivity index (χ3v) is 6.78. The van der Waals surface area contributed by atoms with Gasteiger partial charge in [0.15, 0.2) is 11.5 Å². The summed E-state index contributed by atoms with van der Waals surface area (Å²) in [6, 6.07) is 17.6. The smallest absolute Gasteiger partial charge is 0.226 e. The van der Waals surface area contributed by atoms with E-state index < -0.39 is 5.60 Å². The molecule has 0 radical (unpaired) electrons. The summed E-state index contributed by atoms with van der Waals surface area (Å²) in [7, 11) is 0. The van der Waals surface area contributed by atoms with Crippen LogP contribution in [-0.4, -0.2) is 26.6 Å². The number of aromatic hydroxyl groups is 2. The van der Waals surface area contributed by atoms with Crippen molar-refractivity contribution in [3.05, 3.63) is 107 Å². The van der Waals surface area contributed by atoms with E-state index in [1.807, 2.05) is 49.4 Å². The van der Waals surface area contributed by atoms with Gasteiger partial charge in [0, 0.05) is 11.1 Å². The molecule has 202 valence electrons. The van der Waals surface area contributed by atoms with Crippen molar-refractivity contribution in [1.29, 1.82) is 0 Å². The molecule has 0 fully saturated rings. The molecule has 1 aliphatic rings. The fraction of sp³-hybridized carbons (Fsp3) is 0.176. The Labute approximate surface area is 233 Å². The van der Waals surface area contributed by atoms with Crippen LogP contribution in [0.3, 0.4) is 0 Å². The van der Waals surface area contributed by atoms with E-state index in [-0.39, 0.29) is 22.8 Å². The Morgan fingerprint density at radius 1 is 1.02 bits per heavy atom. The number of hydrogen-bond donors (Lipinski definition) is 2. The Hall–Kier alpha value is -4.84. The van der Waals surface area contributed by atoms with Crippen LogP contribution in [0.2, 0.25) is 0 Å². The zero-order valence-electron chi connectivity index (χ0n) is 22.7. The number of ketones is 1. The molecule has 0 amide bonds. The number of nitrogens with zero attached hydrogens (tertiary/aromatic N) is 1. The number of oxazole rings is 1. The minimum Gasteiger partial charge on any atom is -0.508 e. The SMILES string of the molecule is CC(C)=CCCC1(C)C=Cc2c(ccc(C(=O)/C=C/c3cccc(-c4ncc(-c5cccc(O)c5)o4)c3)c2O)O1. The summed E-state index contributed by atoms with van der Waals surface area (Å²) >= 11 is 0. The molecule has 1 unspecified atom stereocenters. The molecule has 1 aliphatic heterocycles. The van der Waals surface area contributed by atoms with Gasteiger partial charge in [0.2, 0.25) is 5.89 Å². The topological polar surface area (TPSA) is 92.8 Å². The van der Waals surface area contributed by atoms with E-state index in [1.54, 1.807) is 42.6 Å². The molecular formula is C34H31NO5. The Balaban J connectivity index is 1.31. The number of benzene rings is 3.